The van der Waals surface area contributed by atoms with Gasteiger partial charge in [-0.3, -0.25) is 4.79 Å². The number of nitrogens with zero attached hydrogens (tertiary/aromatic N) is 1. The van der Waals surface area contributed by atoms with Crippen molar-refractivity contribution < 1.29 is 14.7 Å². The quantitative estimate of drug-likeness (QED) is 0.674. The molecule has 0 aromatic heterocycles. The van der Waals surface area contributed by atoms with E-state index in [2.05, 4.69) is 0 Å². The van der Waals surface area contributed by atoms with Crippen LogP contribution in [0.25, 0.3) is 0 Å². The van der Waals surface area contributed by atoms with Gasteiger partial charge in [0, 0.05) is 19.5 Å². The predicted octanol–water partition coefficient (Wildman–Crippen LogP) is 0.435. The molecule has 15 heavy (non-hydrogen) atoms. The number of nitrogens with two attached hydrogens (primary N) is 1. The van der Waals surface area contributed by atoms with Gasteiger partial charge in [0.05, 0.1) is 0 Å². The lowest BCUT2D eigenvalue weighted by molar-refractivity contribution is -0.148. The van der Waals surface area contributed by atoms with Crippen LogP contribution in [0.1, 0.15) is 33.1 Å². The highest BCUT2D eigenvalue weighted by atomic mass is 16.4. The molecule has 0 saturated carbocycles. The maximum atomic E-state index is 11.5. The summed E-state index contributed by atoms with van der Waals surface area (Å²) in [6.07, 6.45) is 1.84. The summed E-state index contributed by atoms with van der Waals surface area (Å²) < 4.78 is 0. The molecule has 0 heterocycles. The highest BCUT2D eigenvalue weighted by Crippen LogP contribution is 2.04. The van der Waals surface area contributed by atoms with Crippen LogP contribution < -0.4 is 5.73 Å². The summed E-state index contributed by atoms with van der Waals surface area (Å²) in [5.41, 5.74) is 5.54. The fraction of sp³-hybridized carbons (Fsp3) is 0.800. The Morgan fingerprint density at radius 2 is 1.93 bits per heavy atom. The first kappa shape index (κ1) is 13.9. The normalized spacial score (nSPS) is 14.4. The number of carbonyl (C=O) groups excluding carboxylic acids is 1. The van der Waals surface area contributed by atoms with Crippen molar-refractivity contribution in [2.45, 2.75) is 45.2 Å². The maximum Gasteiger partial charge on any atom is 0.326 e. The summed E-state index contributed by atoms with van der Waals surface area (Å²) in [4.78, 5) is 23.4. The minimum absolute atomic E-state index is 0.0833. The van der Waals surface area contributed by atoms with Gasteiger partial charge < -0.3 is 15.7 Å². The largest absolute Gasteiger partial charge is 0.480 e. The van der Waals surface area contributed by atoms with Gasteiger partial charge in [-0.25, -0.2) is 4.79 Å². The van der Waals surface area contributed by atoms with Crippen LogP contribution in [0.15, 0.2) is 0 Å². The van der Waals surface area contributed by atoms with Crippen LogP contribution in [0.2, 0.25) is 0 Å². The van der Waals surface area contributed by atoms with Crippen molar-refractivity contribution in [1.29, 1.82) is 0 Å². The van der Waals surface area contributed by atoms with Crippen LogP contribution in [-0.4, -0.2) is 41.0 Å². The molecule has 2 unspecified atom stereocenters. The van der Waals surface area contributed by atoms with E-state index in [0.29, 0.717) is 12.8 Å². The zero-order chi connectivity index (χ0) is 12.0. The van der Waals surface area contributed by atoms with Gasteiger partial charge in [-0.05, 0) is 26.7 Å². The van der Waals surface area contributed by atoms with E-state index < -0.39 is 12.0 Å². The van der Waals surface area contributed by atoms with Crippen LogP contribution in [0, 0.1) is 0 Å². The molecule has 0 fully saturated rings. The Bertz CT molecular complexity index is 229. The van der Waals surface area contributed by atoms with E-state index in [9.17, 15) is 9.59 Å². The van der Waals surface area contributed by atoms with E-state index in [4.69, 9.17) is 10.8 Å². The van der Waals surface area contributed by atoms with Crippen molar-refractivity contribution in [1.82, 2.24) is 4.90 Å². The Morgan fingerprint density at radius 3 is 2.33 bits per heavy atom. The molecule has 0 radical (unpaired) electrons. The molecule has 3 N–H and O–H groups in total. The Labute approximate surface area is 90.2 Å². The van der Waals surface area contributed by atoms with Gasteiger partial charge in [0.1, 0.15) is 6.04 Å². The topological polar surface area (TPSA) is 83.6 Å². The fourth-order valence-corrected chi connectivity index (χ4v) is 1.13. The summed E-state index contributed by atoms with van der Waals surface area (Å²) in [5.74, 6) is -1.14. The zero-order valence-electron chi connectivity index (χ0n) is 9.56. The third kappa shape index (κ3) is 5.37. The Kier molecular flexibility index (Phi) is 5.93. The first-order chi connectivity index (χ1) is 6.86. The van der Waals surface area contributed by atoms with Gasteiger partial charge in [0.25, 0.3) is 0 Å². The van der Waals surface area contributed by atoms with E-state index in [-0.39, 0.29) is 11.9 Å². The Hall–Kier alpha value is -1.10. The molecule has 88 valence electrons. The molecule has 0 spiro atoms. The second-order valence-corrected chi connectivity index (χ2v) is 3.89. The number of hydrogen-bond donors (Lipinski definition) is 2. The summed E-state index contributed by atoms with van der Waals surface area (Å²) in [7, 11) is 1.51. The number of hydrogen-bond acceptors (Lipinski definition) is 3. The van der Waals surface area contributed by atoms with Crippen LogP contribution >= 0.6 is 0 Å². The van der Waals surface area contributed by atoms with Crippen LogP contribution in [0.5, 0.6) is 0 Å². The van der Waals surface area contributed by atoms with E-state index in [1.165, 1.54) is 18.9 Å². The third-order valence-electron chi connectivity index (χ3n) is 2.38. The minimum Gasteiger partial charge on any atom is -0.480 e. The zero-order valence-corrected chi connectivity index (χ0v) is 9.56. The maximum absolute atomic E-state index is 11.5. The van der Waals surface area contributed by atoms with Crippen molar-refractivity contribution in [3.63, 3.8) is 0 Å². The second-order valence-electron chi connectivity index (χ2n) is 3.89. The number of carboxylic acids is 1. The molecule has 0 bridgehead atoms. The van der Waals surface area contributed by atoms with Crippen molar-refractivity contribution in [2.75, 3.05) is 7.05 Å². The first-order valence-electron chi connectivity index (χ1n) is 5.10. The molecular formula is C10H20N2O3. The van der Waals surface area contributed by atoms with Gasteiger partial charge in [0.15, 0.2) is 0 Å². The summed E-state index contributed by atoms with van der Waals surface area (Å²) >= 11 is 0. The molecule has 0 saturated heterocycles. The lowest BCUT2D eigenvalue weighted by Gasteiger charge is -2.21. The Morgan fingerprint density at radius 1 is 1.40 bits per heavy atom. The molecule has 2 atom stereocenters. The van der Waals surface area contributed by atoms with Gasteiger partial charge >= 0.3 is 5.97 Å². The monoisotopic (exact) mass is 216 g/mol. The number of amides is 1. The lowest BCUT2D eigenvalue weighted by Crippen LogP contribution is -2.40. The highest BCUT2D eigenvalue weighted by molar-refractivity contribution is 5.83. The number of aliphatic carboxylic acids is 1. The van der Waals surface area contributed by atoms with Crippen molar-refractivity contribution >= 4 is 11.9 Å². The molecule has 5 heteroatoms. The summed E-state index contributed by atoms with van der Waals surface area (Å²) in [5, 5.41) is 8.70. The molecule has 0 aliphatic heterocycles. The molecule has 0 aromatic carbocycles. The number of rotatable bonds is 6. The summed E-state index contributed by atoms with van der Waals surface area (Å²) in [6, 6.07) is -0.687. The van der Waals surface area contributed by atoms with E-state index in [1.54, 1.807) is 0 Å². The van der Waals surface area contributed by atoms with Crippen LogP contribution in [-0.2, 0) is 9.59 Å². The molecule has 0 aliphatic carbocycles. The molecule has 5 nitrogen and oxygen atoms in total. The molecule has 0 aliphatic rings. The average Bonchev–Trinajstić information content (AvgIpc) is 2.14. The highest BCUT2D eigenvalue weighted by Gasteiger charge is 2.20. The predicted molar refractivity (Wildman–Crippen MR) is 57.4 cm³/mol. The molecule has 0 aromatic rings. The van der Waals surface area contributed by atoms with Crippen molar-refractivity contribution in [3.8, 4) is 0 Å². The number of carbonyl (C=O) groups is 2. The van der Waals surface area contributed by atoms with Gasteiger partial charge in [0.2, 0.25) is 5.91 Å². The average molecular weight is 216 g/mol. The van der Waals surface area contributed by atoms with Crippen molar-refractivity contribution in [3.05, 3.63) is 0 Å². The van der Waals surface area contributed by atoms with Gasteiger partial charge in [-0.15, -0.1) is 0 Å². The Balaban J connectivity index is 3.94. The second kappa shape index (κ2) is 6.40. The SMILES string of the molecule is CC(N)CCCC(=O)N(C)C(C)C(=O)O. The first-order valence-corrected chi connectivity index (χ1v) is 5.10. The fourth-order valence-electron chi connectivity index (χ4n) is 1.13. The smallest absolute Gasteiger partial charge is 0.326 e. The third-order valence-corrected chi connectivity index (χ3v) is 2.38. The van der Waals surface area contributed by atoms with E-state index in [0.717, 1.165) is 6.42 Å². The minimum atomic E-state index is -0.988. The van der Waals surface area contributed by atoms with Gasteiger partial charge in [-0.1, -0.05) is 0 Å². The molecule has 1 amide bonds. The molecule has 0 rings (SSSR count). The number of carboxylic acid groups (broad SMARTS) is 1. The van der Waals surface area contributed by atoms with E-state index in [1.807, 2.05) is 6.92 Å². The van der Waals surface area contributed by atoms with E-state index >= 15 is 0 Å². The van der Waals surface area contributed by atoms with Crippen molar-refractivity contribution in [2.24, 2.45) is 5.73 Å². The van der Waals surface area contributed by atoms with Crippen LogP contribution in [0.4, 0.5) is 0 Å². The summed E-state index contributed by atoms with van der Waals surface area (Å²) in [6.45, 7) is 3.37. The standard InChI is InChI=1S/C10H20N2O3/c1-7(11)5-4-6-9(13)12(3)8(2)10(14)15/h7-8H,4-6,11H2,1-3H3,(H,14,15). The molecular weight excluding hydrogens is 196 g/mol. The van der Waals surface area contributed by atoms with Gasteiger partial charge in [-0.2, -0.15) is 0 Å². The van der Waals surface area contributed by atoms with Crippen LogP contribution in [0.3, 0.4) is 0 Å². The lowest BCUT2D eigenvalue weighted by atomic mass is 10.1. The number of likely N-dealkylation sites (N-methyl/N-ethyl adjacent to an activating group) is 1.